The first kappa shape index (κ1) is 14.4. The molecular weight excluding hydrogens is 238 g/mol. The van der Waals surface area contributed by atoms with Gasteiger partial charge in [0.1, 0.15) is 0 Å². The highest BCUT2D eigenvalue weighted by atomic mass is 15.3. The first-order chi connectivity index (χ1) is 9.20. The summed E-state index contributed by atoms with van der Waals surface area (Å²) in [6, 6.07) is 0.0225. The van der Waals surface area contributed by atoms with Crippen molar-refractivity contribution in [3.8, 4) is 0 Å². The molecule has 1 atom stereocenters. The Labute approximate surface area is 115 Å². The van der Waals surface area contributed by atoms with Crippen LogP contribution in [0.15, 0.2) is 18.6 Å². The summed E-state index contributed by atoms with van der Waals surface area (Å²) in [5.41, 5.74) is 3.95. The van der Waals surface area contributed by atoms with E-state index in [4.69, 9.17) is 5.84 Å². The summed E-state index contributed by atoms with van der Waals surface area (Å²) < 4.78 is 0. The van der Waals surface area contributed by atoms with E-state index in [2.05, 4.69) is 34.4 Å². The van der Waals surface area contributed by atoms with Crippen LogP contribution in [0.2, 0.25) is 0 Å². The van der Waals surface area contributed by atoms with Crippen LogP contribution in [0.25, 0.3) is 0 Å². The monoisotopic (exact) mass is 263 g/mol. The van der Waals surface area contributed by atoms with Crippen molar-refractivity contribution in [2.45, 2.75) is 50.1 Å². The molecule has 106 valence electrons. The fourth-order valence-corrected chi connectivity index (χ4v) is 3.31. The third kappa shape index (κ3) is 2.94. The second kappa shape index (κ2) is 6.41. The van der Waals surface area contributed by atoms with E-state index in [1.54, 1.807) is 12.4 Å². The lowest BCUT2D eigenvalue weighted by molar-refractivity contribution is 0.0780. The van der Waals surface area contributed by atoms with Gasteiger partial charge in [-0.05, 0) is 26.9 Å². The van der Waals surface area contributed by atoms with Crippen molar-refractivity contribution < 1.29 is 0 Å². The molecule has 1 aliphatic rings. The Balaban J connectivity index is 2.35. The van der Waals surface area contributed by atoms with Crippen molar-refractivity contribution in [2.75, 3.05) is 14.1 Å². The Bertz CT molecular complexity index is 371. The number of aromatic nitrogens is 2. The Morgan fingerprint density at radius 1 is 1.21 bits per heavy atom. The molecule has 0 radical (unpaired) electrons. The average Bonchev–Trinajstić information content (AvgIpc) is 2.68. The van der Waals surface area contributed by atoms with Crippen LogP contribution in [0, 0.1) is 0 Å². The summed E-state index contributed by atoms with van der Waals surface area (Å²) in [6.07, 6.45) is 12.7. The van der Waals surface area contributed by atoms with Crippen LogP contribution < -0.4 is 11.3 Å². The molecule has 0 spiro atoms. The summed E-state index contributed by atoms with van der Waals surface area (Å²) in [6.45, 7) is 0. The lowest BCUT2D eigenvalue weighted by Crippen LogP contribution is -2.55. The van der Waals surface area contributed by atoms with Crippen molar-refractivity contribution in [1.82, 2.24) is 20.3 Å². The third-order valence-corrected chi connectivity index (χ3v) is 4.44. The molecule has 5 nitrogen and oxygen atoms in total. The highest BCUT2D eigenvalue weighted by Gasteiger charge is 2.42. The molecule has 2 rings (SSSR count). The maximum Gasteiger partial charge on any atom is 0.0830 e. The van der Waals surface area contributed by atoms with Gasteiger partial charge in [-0.3, -0.25) is 15.8 Å². The molecule has 1 aromatic rings. The molecule has 1 unspecified atom stereocenters. The zero-order valence-electron chi connectivity index (χ0n) is 12.0. The van der Waals surface area contributed by atoms with Crippen LogP contribution >= 0.6 is 0 Å². The molecule has 1 aromatic heterocycles. The summed E-state index contributed by atoms with van der Waals surface area (Å²) >= 11 is 0. The van der Waals surface area contributed by atoms with Gasteiger partial charge in [0.15, 0.2) is 0 Å². The topological polar surface area (TPSA) is 67.1 Å². The smallest absolute Gasteiger partial charge is 0.0830 e. The normalized spacial score (nSPS) is 21.1. The number of hydrogen-bond acceptors (Lipinski definition) is 5. The van der Waals surface area contributed by atoms with E-state index >= 15 is 0 Å². The molecule has 1 heterocycles. The fourth-order valence-electron chi connectivity index (χ4n) is 3.31. The van der Waals surface area contributed by atoms with Gasteiger partial charge in [0.05, 0.1) is 17.9 Å². The predicted octanol–water partition coefficient (Wildman–Crippen LogP) is 1.64. The second-order valence-electron chi connectivity index (χ2n) is 5.64. The van der Waals surface area contributed by atoms with Crippen LogP contribution in [0.4, 0.5) is 0 Å². The second-order valence-corrected chi connectivity index (χ2v) is 5.64. The number of nitrogens with zero attached hydrogens (tertiary/aromatic N) is 3. The van der Waals surface area contributed by atoms with E-state index in [9.17, 15) is 0 Å². The summed E-state index contributed by atoms with van der Waals surface area (Å²) in [7, 11) is 4.29. The van der Waals surface area contributed by atoms with Gasteiger partial charge in [-0.1, -0.05) is 25.7 Å². The van der Waals surface area contributed by atoms with Gasteiger partial charge in [0, 0.05) is 17.9 Å². The van der Waals surface area contributed by atoms with E-state index in [1.165, 1.54) is 25.7 Å². The maximum absolute atomic E-state index is 5.87. The fraction of sp³-hybridized carbons (Fsp3) is 0.714. The van der Waals surface area contributed by atoms with Crippen molar-refractivity contribution in [3.05, 3.63) is 24.3 Å². The van der Waals surface area contributed by atoms with Crippen molar-refractivity contribution in [3.63, 3.8) is 0 Å². The number of likely N-dealkylation sites (N-methyl/N-ethyl adjacent to an activating group) is 1. The molecule has 3 N–H and O–H groups in total. The standard InChI is InChI=1S/C14H25N5/c1-19(2)14(7-5-3-4-6-8-14)13(18-15)12-11-16-9-10-17-12/h9-11,13,18H,3-8,15H2,1-2H3. The molecular formula is C14H25N5. The molecule has 1 saturated carbocycles. The number of nitrogens with one attached hydrogen (secondary N) is 1. The van der Waals surface area contributed by atoms with E-state index in [1.807, 2.05) is 6.20 Å². The van der Waals surface area contributed by atoms with Gasteiger partial charge in [0.2, 0.25) is 0 Å². The molecule has 1 fully saturated rings. The zero-order chi connectivity index (χ0) is 13.7. The molecule has 1 aliphatic carbocycles. The molecule has 19 heavy (non-hydrogen) atoms. The van der Waals surface area contributed by atoms with E-state index in [0.29, 0.717) is 0 Å². The third-order valence-electron chi connectivity index (χ3n) is 4.44. The SMILES string of the molecule is CN(C)C1(C(NN)c2cnccn2)CCCCCC1. The van der Waals surface area contributed by atoms with Gasteiger partial charge in [-0.25, -0.2) is 5.43 Å². The van der Waals surface area contributed by atoms with E-state index < -0.39 is 0 Å². The molecule has 0 saturated heterocycles. The summed E-state index contributed by atoms with van der Waals surface area (Å²) in [5.74, 6) is 5.87. The van der Waals surface area contributed by atoms with Crippen LogP contribution in [0.1, 0.15) is 50.3 Å². The van der Waals surface area contributed by atoms with Crippen molar-refractivity contribution in [2.24, 2.45) is 5.84 Å². The number of hydrogen-bond donors (Lipinski definition) is 2. The Morgan fingerprint density at radius 2 is 1.89 bits per heavy atom. The Hall–Kier alpha value is -1.04. The maximum atomic E-state index is 5.87. The van der Waals surface area contributed by atoms with Crippen LogP contribution in [0.5, 0.6) is 0 Å². The predicted molar refractivity (Wildman–Crippen MR) is 76.2 cm³/mol. The first-order valence-electron chi connectivity index (χ1n) is 7.10. The quantitative estimate of drug-likeness (QED) is 0.491. The zero-order valence-corrected chi connectivity index (χ0v) is 12.0. The summed E-state index contributed by atoms with van der Waals surface area (Å²) in [5, 5.41) is 0. The summed E-state index contributed by atoms with van der Waals surface area (Å²) in [4.78, 5) is 11.0. The first-order valence-corrected chi connectivity index (χ1v) is 7.10. The van der Waals surface area contributed by atoms with Gasteiger partial charge in [-0.2, -0.15) is 0 Å². The van der Waals surface area contributed by atoms with Crippen LogP contribution in [-0.2, 0) is 0 Å². The number of rotatable bonds is 4. The Morgan fingerprint density at radius 3 is 2.37 bits per heavy atom. The lowest BCUT2D eigenvalue weighted by Gasteiger charge is -2.45. The van der Waals surface area contributed by atoms with Gasteiger partial charge in [0.25, 0.3) is 0 Å². The minimum Gasteiger partial charge on any atom is -0.302 e. The van der Waals surface area contributed by atoms with E-state index in [-0.39, 0.29) is 11.6 Å². The minimum atomic E-state index is 0.0225. The van der Waals surface area contributed by atoms with Crippen molar-refractivity contribution in [1.29, 1.82) is 0 Å². The van der Waals surface area contributed by atoms with Gasteiger partial charge >= 0.3 is 0 Å². The molecule has 0 amide bonds. The molecule has 0 aromatic carbocycles. The van der Waals surface area contributed by atoms with Gasteiger partial charge < -0.3 is 4.90 Å². The van der Waals surface area contributed by atoms with E-state index in [0.717, 1.165) is 18.5 Å². The van der Waals surface area contributed by atoms with Crippen LogP contribution in [0.3, 0.4) is 0 Å². The highest BCUT2D eigenvalue weighted by molar-refractivity contribution is 5.12. The van der Waals surface area contributed by atoms with Crippen molar-refractivity contribution >= 4 is 0 Å². The van der Waals surface area contributed by atoms with Gasteiger partial charge in [-0.15, -0.1) is 0 Å². The number of nitrogens with two attached hydrogens (primary N) is 1. The molecule has 0 bridgehead atoms. The Kier molecular flexibility index (Phi) is 4.85. The average molecular weight is 263 g/mol. The highest BCUT2D eigenvalue weighted by Crippen LogP contribution is 2.39. The largest absolute Gasteiger partial charge is 0.302 e. The molecule has 0 aliphatic heterocycles. The van der Waals surface area contributed by atoms with Crippen LogP contribution in [-0.4, -0.2) is 34.5 Å². The molecule has 5 heteroatoms. The minimum absolute atomic E-state index is 0.0225. The number of hydrazine groups is 1. The lowest BCUT2D eigenvalue weighted by atomic mass is 9.80.